The van der Waals surface area contributed by atoms with Crippen LogP contribution in [0, 0.1) is 13.8 Å². The molecule has 4 heteroatoms. The van der Waals surface area contributed by atoms with E-state index in [2.05, 4.69) is 0 Å². The van der Waals surface area contributed by atoms with Gasteiger partial charge in [0.05, 0.1) is 5.52 Å². The van der Waals surface area contributed by atoms with Crippen molar-refractivity contribution in [3.63, 3.8) is 0 Å². The molecule has 0 saturated heterocycles. The van der Waals surface area contributed by atoms with Gasteiger partial charge in [-0.05, 0) is 25.5 Å². The highest BCUT2D eigenvalue weighted by atomic mass is 16.2. The summed E-state index contributed by atoms with van der Waals surface area (Å²) in [7, 11) is 0. The van der Waals surface area contributed by atoms with Gasteiger partial charge in [0.2, 0.25) is 0 Å². The number of para-hydroxylation sites is 1. The van der Waals surface area contributed by atoms with Crippen molar-refractivity contribution >= 4 is 16.9 Å². The zero-order chi connectivity index (χ0) is 11.9. The minimum atomic E-state index is -0.746. The minimum Gasteiger partial charge on any atom is -0.351 e. The van der Waals surface area contributed by atoms with Crippen LogP contribution in [0.1, 0.15) is 11.1 Å². The molecule has 0 fully saturated rings. The summed E-state index contributed by atoms with van der Waals surface area (Å²) >= 11 is 0. The maximum Gasteiger partial charge on any atom is 0.326 e. The van der Waals surface area contributed by atoms with E-state index in [0.29, 0.717) is 11.1 Å². The van der Waals surface area contributed by atoms with E-state index in [9.17, 15) is 9.59 Å². The highest BCUT2D eigenvalue weighted by Crippen LogP contribution is 2.18. The third-order valence-corrected chi connectivity index (χ3v) is 2.86. The Morgan fingerprint density at radius 2 is 1.81 bits per heavy atom. The fraction of sp³-hybridized carbons (Fsp3) is 0.167. The summed E-state index contributed by atoms with van der Waals surface area (Å²) in [4.78, 5) is 23.2. The molecule has 2 N–H and O–H groups in total. The van der Waals surface area contributed by atoms with Crippen LogP contribution >= 0.6 is 0 Å². The van der Waals surface area contributed by atoms with Gasteiger partial charge in [-0.3, -0.25) is 4.79 Å². The van der Waals surface area contributed by atoms with Crippen molar-refractivity contribution in [2.45, 2.75) is 13.8 Å². The van der Waals surface area contributed by atoms with Gasteiger partial charge in [0.1, 0.15) is 0 Å². The summed E-state index contributed by atoms with van der Waals surface area (Å²) in [5.74, 6) is 0. The second kappa shape index (κ2) is 3.48. The largest absolute Gasteiger partial charge is 0.351 e. The van der Waals surface area contributed by atoms with E-state index in [1.54, 1.807) is 19.1 Å². The van der Waals surface area contributed by atoms with Gasteiger partial charge in [0.25, 0.3) is 5.56 Å². The Kier molecular flexibility index (Phi) is 2.27. The van der Waals surface area contributed by atoms with Crippen molar-refractivity contribution in [2.24, 2.45) is 5.73 Å². The number of carbonyl (C=O) groups is 1. The summed E-state index contributed by atoms with van der Waals surface area (Å²) in [5, 5.41) is 0.874. The molecule has 0 aliphatic heterocycles. The molecule has 0 unspecified atom stereocenters. The second-order valence-electron chi connectivity index (χ2n) is 3.75. The number of hydrogen-bond donors (Lipinski definition) is 1. The molecule has 0 aliphatic rings. The monoisotopic (exact) mass is 216 g/mol. The van der Waals surface area contributed by atoms with Crippen LogP contribution in [0.25, 0.3) is 10.9 Å². The van der Waals surface area contributed by atoms with Crippen LogP contribution in [0.5, 0.6) is 0 Å². The fourth-order valence-corrected chi connectivity index (χ4v) is 1.84. The third kappa shape index (κ3) is 1.31. The summed E-state index contributed by atoms with van der Waals surface area (Å²) in [6.45, 7) is 3.56. The Hall–Kier alpha value is -2.10. The first-order chi connectivity index (χ1) is 7.54. The molecule has 2 rings (SSSR count). The number of aromatic nitrogens is 1. The number of primary amides is 1. The van der Waals surface area contributed by atoms with E-state index in [0.717, 1.165) is 15.5 Å². The van der Waals surface area contributed by atoms with Crippen LogP contribution in [-0.4, -0.2) is 10.6 Å². The van der Waals surface area contributed by atoms with Gasteiger partial charge in [-0.1, -0.05) is 18.2 Å². The molecule has 0 aliphatic carbocycles. The van der Waals surface area contributed by atoms with E-state index >= 15 is 0 Å². The normalized spacial score (nSPS) is 10.6. The average Bonchev–Trinajstić information content (AvgIpc) is 2.26. The van der Waals surface area contributed by atoms with Gasteiger partial charge in [-0.15, -0.1) is 0 Å². The van der Waals surface area contributed by atoms with Gasteiger partial charge in [-0.2, -0.15) is 0 Å². The van der Waals surface area contributed by atoms with Crippen molar-refractivity contribution < 1.29 is 4.79 Å². The van der Waals surface area contributed by atoms with Crippen molar-refractivity contribution in [2.75, 3.05) is 0 Å². The minimum absolute atomic E-state index is 0.344. The first-order valence-corrected chi connectivity index (χ1v) is 4.95. The molecule has 16 heavy (non-hydrogen) atoms. The Bertz CT molecular complexity index is 641. The maximum absolute atomic E-state index is 11.9. The number of fused-ring (bicyclic) bond motifs is 1. The summed E-state index contributed by atoms with van der Waals surface area (Å²) < 4.78 is 1.01. The molecule has 0 bridgehead atoms. The Morgan fingerprint density at radius 1 is 1.19 bits per heavy atom. The number of nitrogens with zero attached hydrogens (tertiary/aromatic N) is 1. The van der Waals surface area contributed by atoms with Crippen molar-refractivity contribution in [1.82, 2.24) is 4.57 Å². The number of amides is 1. The molecule has 0 spiro atoms. The molecule has 2 aromatic rings. The predicted octanol–water partition coefficient (Wildman–Crippen LogP) is 1.55. The number of nitrogens with two attached hydrogens (primary N) is 1. The van der Waals surface area contributed by atoms with Crippen LogP contribution in [-0.2, 0) is 0 Å². The second-order valence-corrected chi connectivity index (χ2v) is 3.75. The average molecular weight is 216 g/mol. The number of hydrogen-bond acceptors (Lipinski definition) is 2. The van der Waals surface area contributed by atoms with E-state index in [1.807, 2.05) is 19.1 Å². The SMILES string of the molecule is Cc1c(C)c2ccccc2n(C(N)=O)c1=O. The molecular weight excluding hydrogens is 204 g/mol. The molecule has 1 heterocycles. The summed E-state index contributed by atoms with van der Waals surface area (Å²) in [5.41, 5.74) is 6.88. The number of benzene rings is 1. The van der Waals surface area contributed by atoms with Crippen LogP contribution in [0.4, 0.5) is 4.79 Å². The molecule has 4 nitrogen and oxygen atoms in total. The van der Waals surface area contributed by atoms with E-state index in [-0.39, 0.29) is 5.56 Å². The van der Waals surface area contributed by atoms with Gasteiger partial charge >= 0.3 is 6.03 Å². The topological polar surface area (TPSA) is 65.1 Å². The Morgan fingerprint density at radius 3 is 2.44 bits per heavy atom. The molecule has 0 atom stereocenters. The standard InChI is InChI=1S/C12H12N2O2/c1-7-8(2)11(15)14(12(13)16)10-6-4-3-5-9(7)10/h3-6H,1-2H3,(H2,13,16). The van der Waals surface area contributed by atoms with Crippen molar-refractivity contribution in [3.05, 3.63) is 45.7 Å². The highest BCUT2D eigenvalue weighted by molar-refractivity contribution is 5.91. The summed E-state index contributed by atoms with van der Waals surface area (Å²) in [6.07, 6.45) is 0. The first kappa shape index (κ1) is 10.4. The number of carbonyl (C=O) groups excluding carboxylic acids is 1. The van der Waals surface area contributed by atoms with Crippen LogP contribution in [0.15, 0.2) is 29.1 Å². The van der Waals surface area contributed by atoms with E-state index in [4.69, 9.17) is 5.73 Å². The van der Waals surface area contributed by atoms with Gasteiger partial charge < -0.3 is 5.73 Å². The molecule has 0 saturated carbocycles. The van der Waals surface area contributed by atoms with Crippen molar-refractivity contribution in [3.8, 4) is 0 Å². The molecule has 82 valence electrons. The molecular formula is C12H12N2O2. The maximum atomic E-state index is 11.9. The summed E-state index contributed by atoms with van der Waals surface area (Å²) in [6, 6.07) is 6.48. The fourth-order valence-electron chi connectivity index (χ4n) is 1.84. The lowest BCUT2D eigenvalue weighted by Crippen LogP contribution is -2.33. The molecule has 0 radical (unpaired) electrons. The molecule has 1 aromatic heterocycles. The third-order valence-electron chi connectivity index (χ3n) is 2.86. The Labute approximate surface area is 92.3 Å². The lowest BCUT2D eigenvalue weighted by molar-refractivity contribution is 0.250. The zero-order valence-electron chi connectivity index (χ0n) is 9.15. The number of aryl methyl sites for hydroxylation is 1. The van der Waals surface area contributed by atoms with Gasteiger partial charge in [0.15, 0.2) is 0 Å². The highest BCUT2D eigenvalue weighted by Gasteiger charge is 2.13. The molecule has 1 aromatic carbocycles. The smallest absolute Gasteiger partial charge is 0.326 e. The Balaban J connectivity index is 3.10. The predicted molar refractivity (Wildman–Crippen MR) is 62.7 cm³/mol. The number of pyridine rings is 1. The first-order valence-electron chi connectivity index (χ1n) is 4.95. The van der Waals surface area contributed by atoms with Crippen LogP contribution < -0.4 is 11.3 Å². The van der Waals surface area contributed by atoms with Gasteiger partial charge in [-0.25, -0.2) is 9.36 Å². The number of rotatable bonds is 0. The van der Waals surface area contributed by atoms with E-state index in [1.165, 1.54) is 0 Å². The zero-order valence-corrected chi connectivity index (χ0v) is 9.15. The van der Waals surface area contributed by atoms with Crippen molar-refractivity contribution in [1.29, 1.82) is 0 Å². The molecule has 1 amide bonds. The van der Waals surface area contributed by atoms with Crippen LogP contribution in [0.2, 0.25) is 0 Å². The lowest BCUT2D eigenvalue weighted by Gasteiger charge is -2.10. The lowest BCUT2D eigenvalue weighted by atomic mass is 10.1. The van der Waals surface area contributed by atoms with E-state index < -0.39 is 6.03 Å². The van der Waals surface area contributed by atoms with Crippen LogP contribution in [0.3, 0.4) is 0 Å². The van der Waals surface area contributed by atoms with Gasteiger partial charge in [0, 0.05) is 10.9 Å². The quantitative estimate of drug-likeness (QED) is 0.726.